The number of anilines is 2. The third-order valence-electron chi connectivity index (χ3n) is 2.96. The molecule has 19 heavy (non-hydrogen) atoms. The van der Waals surface area contributed by atoms with Crippen molar-refractivity contribution in [2.45, 2.75) is 6.92 Å². The average Bonchev–Trinajstić information content (AvgIpc) is 2.44. The lowest BCUT2D eigenvalue weighted by molar-refractivity contribution is 1.02. The molecule has 0 fully saturated rings. The molecule has 0 spiro atoms. The molecule has 1 heterocycles. The maximum atomic E-state index is 4.21. The lowest BCUT2D eigenvalue weighted by atomic mass is 10.1. The van der Waals surface area contributed by atoms with Gasteiger partial charge in [0.15, 0.2) is 0 Å². The van der Waals surface area contributed by atoms with E-state index < -0.39 is 0 Å². The normalized spacial score (nSPS) is 10.6. The largest absolute Gasteiger partial charge is 0.353 e. The maximum absolute atomic E-state index is 4.21. The van der Waals surface area contributed by atoms with Gasteiger partial charge in [-0.05, 0) is 59.8 Å². The van der Waals surface area contributed by atoms with Crippen molar-refractivity contribution in [3.05, 3.63) is 57.8 Å². The predicted octanol–water partition coefficient (Wildman–Crippen LogP) is 4.29. The van der Waals surface area contributed by atoms with Crippen molar-refractivity contribution in [2.24, 2.45) is 0 Å². The number of benzene rings is 2. The highest BCUT2D eigenvalue weighted by Gasteiger charge is 2.07. The number of fused-ring (bicyclic) bond motifs is 1. The van der Waals surface area contributed by atoms with Crippen LogP contribution < -0.4 is 5.32 Å². The van der Waals surface area contributed by atoms with Gasteiger partial charge in [0.05, 0.1) is 16.9 Å². The van der Waals surface area contributed by atoms with Crippen LogP contribution in [0.4, 0.5) is 11.4 Å². The Labute approximate surface area is 125 Å². The standard InChI is InChI=1S/C15H12IN3/c1-10-15(17-12-8-6-11(16)7-9-12)13-4-2-3-5-14(13)19-18-10/h2-9H,1H3,(H,17,19). The first-order valence-electron chi connectivity index (χ1n) is 5.98. The Kier molecular flexibility index (Phi) is 3.33. The summed E-state index contributed by atoms with van der Waals surface area (Å²) < 4.78 is 1.22. The van der Waals surface area contributed by atoms with E-state index >= 15 is 0 Å². The summed E-state index contributed by atoms with van der Waals surface area (Å²) >= 11 is 2.30. The molecular formula is C15H12IN3. The summed E-state index contributed by atoms with van der Waals surface area (Å²) in [6.07, 6.45) is 0. The molecule has 4 heteroatoms. The molecule has 0 aliphatic carbocycles. The van der Waals surface area contributed by atoms with Crippen molar-refractivity contribution in [2.75, 3.05) is 5.32 Å². The van der Waals surface area contributed by atoms with Crippen molar-refractivity contribution in [1.29, 1.82) is 0 Å². The molecule has 0 unspecified atom stereocenters. The number of hydrogen-bond donors (Lipinski definition) is 1. The second kappa shape index (κ2) is 5.13. The summed E-state index contributed by atoms with van der Waals surface area (Å²) in [5.74, 6) is 0. The number of nitrogens with one attached hydrogen (secondary N) is 1. The second-order valence-corrected chi connectivity index (χ2v) is 5.56. The number of rotatable bonds is 2. The highest BCUT2D eigenvalue weighted by Crippen LogP contribution is 2.27. The average molecular weight is 361 g/mol. The number of hydrogen-bond acceptors (Lipinski definition) is 3. The van der Waals surface area contributed by atoms with E-state index in [4.69, 9.17) is 0 Å². The van der Waals surface area contributed by atoms with E-state index in [0.29, 0.717) is 0 Å². The van der Waals surface area contributed by atoms with Gasteiger partial charge in [-0.2, -0.15) is 10.2 Å². The highest BCUT2D eigenvalue weighted by atomic mass is 127. The molecule has 1 aromatic heterocycles. The van der Waals surface area contributed by atoms with Crippen LogP contribution in [0.15, 0.2) is 48.5 Å². The van der Waals surface area contributed by atoms with Gasteiger partial charge in [-0.25, -0.2) is 0 Å². The fourth-order valence-electron chi connectivity index (χ4n) is 1.98. The Balaban J connectivity index is 2.09. The van der Waals surface area contributed by atoms with Crippen LogP contribution in [-0.4, -0.2) is 10.2 Å². The molecule has 3 aromatic rings. The highest BCUT2D eigenvalue weighted by molar-refractivity contribution is 14.1. The summed E-state index contributed by atoms with van der Waals surface area (Å²) in [5, 5.41) is 12.9. The Morgan fingerprint density at radius 1 is 0.947 bits per heavy atom. The van der Waals surface area contributed by atoms with E-state index in [1.54, 1.807) is 0 Å². The number of aromatic nitrogens is 2. The monoisotopic (exact) mass is 361 g/mol. The lowest BCUT2D eigenvalue weighted by Crippen LogP contribution is -1.98. The van der Waals surface area contributed by atoms with Crippen molar-refractivity contribution >= 4 is 44.9 Å². The van der Waals surface area contributed by atoms with E-state index in [1.807, 2.05) is 25.1 Å². The fraction of sp³-hybridized carbons (Fsp3) is 0.0667. The van der Waals surface area contributed by atoms with Crippen LogP contribution >= 0.6 is 22.6 Å². The maximum Gasteiger partial charge on any atom is 0.0950 e. The zero-order chi connectivity index (χ0) is 13.2. The molecule has 3 nitrogen and oxygen atoms in total. The van der Waals surface area contributed by atoms with Gasteiger partial charge in [0.1, 0.15) is 0 Å². The van der Waals surface area contributed by atoms with E-state index in [2.05, 4.69) is 68.4 Å². The lowest BCUT2D eigenvalue weighted by Gasteiger charge is -2.11. The minimum Gasteiger partial charge on any atom is -0.353 e. The Hall–Kier alpha value is -1.69. The van der Waals surface area contributed by atoms with Crippen molar-refractivity contribution < 1.29 is 0 Å². The van der Waals surface area contributed by atoms with Crippen LogP contribution in [-0.2, 0) is 0 Å². The van der Waals surface area contributed by atoms with Crippen molar-refractivity contribution in [3.63, 3.8) is 0 Å². The first-order valence-corrected chi connectivity index (χ1v) is 7.06. The van der Waals surface area contributed by atoms with Gasteiger partial charge in [0, 0.05) is 14.6 Å². The molecule has 94 valence electrons. The van der Waals surface area contributed by atoms with Gasteiger partial charge in [-0.1, -0.05) is 18.2 Å². The smallest absolute Gasteiger partial charge is 0.0950 e. The van der Waals surface area contributed by atoms with Crippen LogP contribution in [0.5, 0.6) is 0 Å². The predicted molar refractivity (Wildman–Crippen MR) is 86.7 cm³/mol. The molecule has 3 rings (SSSR count). The van der Waals surface area contributed by atoms with E-state index in [9.17, 15) is 0 Å². The van der Waals surface area contributed by atoms with Gasteiger partial charge in [0.25, 0.3) is 0 Å². The van der Waals surface area contributed by atoms with E-state index in [0.717, 1.165) is 28.0 Å². The molecule has 0 aliphatic rings. The van der Waals surface area contributed by atoms with Crippen LogP contribution in [0.3, 0.4) is 0 Å². The third kappa shape index (κ3) is 2.53. The Morgan fingerprint density at radius 2 is 1.68 bits per heavy atom. The summed E-state index contributed by atoms with van der Waals surface area (Å²) in [7, 11) is 0. The summed E-state index contributed by atoms with van der Waals surface area (Å²) in [6.45, 7) is 1.97. The van der Waals surface area contributed by atoms with E-state index in [1.165, 1.54) is 3.57 Å². The van der Waals surface area contributed by atoms with Gasteiger partial charge in [0.2, 0.25) is 0 Å². The van der Waals surface area contributed by atoms with Gasteiger partial charge < -0.3 is 5.32 Å². The Morgan fingerprint density at radius 3 is 2.47 bits per heavy atom. The SMILES string of the molecule is Cc1nnc2ccccc2c1Nc1ccc(I)cc1. The molecule has 2 aromatic carbocycles. The van der Waals surface area contributed by atoms with Gasteiger partial charge in [-0.3, -0.25) is 0 Å². The van der Waals surface area contributed by atoms with Crippen molar-refractivity contribution in [1.82, 2.24) is 10.2 Å². The van der Waals surface area contributed by atoms with Crippen LogP contribution in [0.2, 0.25) is 0 Å². The van der Waals surface area contributed by atoms with Crippen LogP contribution in [0, 0.1) is 10.5 Å². The first kappa shape index (κ1) is 12.3. The second-order valence-electron chi connectivity index (χ2n) is 4.31. The summed E-state index contributed by atoms with van der Waals surface area (Å²) in [4.78, 5) is 0. The fourth-order valence-corrected chi connectivity index (χ4v) is 2.34. The zero-order valence-electron chi connectivity index (χ0n) is 10.4. The molecule has 0 aliphatic heterocycles. The number of halogens is 1. The zero-order valence-corrected chi connectivity index (χ0v) is 12.5. The van der Waals surface area contributed by atoms with Gasteiger partial charge >= 0.3 is 0 Å². The quantitative estimate of drug-likeness (QED) is 0.692. The molecular weight excluding hydrogens is 349 g/mol. The molecule has 1 N–H and O–H groups in total. The molecule has 0 atom stereocenters. The molecule has 0 bridgehead atoms. The first-order chi connectivity index (χ1) is 9.24. The molecule has 0 saturated carbocycles. The summed E-state index contributed by atoms with van der Waals surface area (Å²) in [5.41, 5.74) is 3.88. The topological polar surface area (TPSA) is 37.8 Å². The van der Waals surface area contributed by atoms with E-state index in [-0.39, 0.29) is 0 Å². The number of nitrogens with zero attached hydrogens (tertiary/aromatic N) is 2. The van der Waals surface area contributed by atoms with Crippen LogP contribution in [0.1, 0.15) is 5.69 Å². The number of aryl methyl sites for hydroxylation is 1. The van der Waals surface area contributed by atoms with Crippen molar-refractivity contribution in [3.8, 4) is 0 Å². The molecule has 0 radical (unpaired) electrons. The van der Waals surface area contributed by atoms with Crippen LogP contribution in [0.25, 0.3) is 10.9 Å². The Bertz CT molecular complexity index is 723. The third-order valence-corrected chi connectivity index (χ3v) is 3.68. The molecule has 0 saturated heterocycles. The molecule has 0 amide bonds. The minimum absolute atomic E-state index is 0.900. The minimum atomic E-state index is 0.900. The van der Waals surface area contributed by atoms with Gasteiger partial charge in [-0.15, -0.1) is 0 Å². The summed E-state index contributed by atoms with van der Waals surface area (Å²) in [6, 6.07) is 16.3.